The van der Waals surface area contributed by atoms with Crippen LogP contribution in [0.2, 0.25) is 0 Å². The Hall–Kier alpha value is -3.09. The second-order valence-electron chi connectivity index (χ2n) is 6.32. The lowest BCUT2D eigenvalue weighted by molar-refractivity contribution is -0.137. The number of carbonyl (C=O) groups is 2. The van der Waals surface area contributed by atoms with Crippen molar-refractivity contribution in [1.29, 1.82) is 0 Å². The number of fused-ring (bicyclic) bond motifs is 1. The lowest BCUT2D eigenvalue weighted by Crippen LogP contribution is -2.41. The van der Waals surface area contributed by atoms with E-state index in [1.165, 1.54) is 10.3 Å². The Morgan fingerprint density at radius 2 is 2.12 bits per heavy atom. The molecule has 26 heavy (non-hydrogen) atoms. The normalized spacial score (nSPS) is 12.1. The maximum atomic E-state index is 12.4. The molecule has 0 fully saturated rings. The molecule has 2 aromatic heterocycles. The van der Waals surface area contributed by atoms with E-state index in [0.29, 0.717) is 6.54 Å². The number of carbonyl (C=O) groups excluding carboxylic acids is 2. The van der Waals surface area contributed by atoms with Crippen LogP contribution in [0.1, 0.15) is 18.5 Å². The first kappa shape index (κ1) is 17.7. The predicted molar refractivity (Wildman–Crippen MR) is 99.6 cm³/mol. The maximum Gasteiger partial charge on any atom is 0.247 e. The van der Waals surface area contributed by atoms with Gasteiger partial charge in [0.25, 0.3) is 0 Å². The van der Waals surface area contributed by atoms with Crippen molar-refractivity contribution in [1.82, 2.24) is 25.0 Å². The molecule has 2 N–H and O–H groups in total. The van der Waals surface area contributed by atoms with E-state index >= 15 is 0 Å². The molecule has 3 rings (SSSR count). The molecule has 0 aliphatic heterocycles. The number of likely N-dealkylation sites (N-methyl/N-ethyl adjacent to an activating group) is 1. The summed E-state index contributed by atoms with van der Waals surface area (Å²) in [7, 11) is 1.63. The Balaban J connectivity index is 1.47. The van der Waals surface area contributed by atoms with Gasteiger partial charge >= 0.3 is 0 Å². The number of amides is 2. The lowest BCUT2D eigenvalue weighted by Gasteiger charge is -2.21. The minimum Gasteiger partial charge on any atom is -0.361 e. The van der Waals surface area contributed by atoms with E-state index in [0.717, 1.165) is 17.5 Å². The van der Waals surface area contributed by atoms with Crippen molar-refractivity contribution < 1.29 is 9.59 Å². The Kier molecular flexibility index (Phi) is 5.36. The standard InChI is InChI=1S/C19H23N5O2/c1-14(24-11-5-9-22-24)19(26)23(2)13-18(25)20-10-8-15-12-21-17-7-4-3-6-16(15)17/h3-7,9,11-12,14,21H,8,10,13H2,1-2H3,(H,20,25). The zero-order valence-electron chi connectivity index (χ0n) is 15.0. The van der Waals surface area contributed by atoms with E-state index in [1.54, 1.807) is 37.1 Å². The molecule has 1 atom stereocenters. The van der Waals surface area contributed by atoms with Gasteiger partial charge in [-0.3, -0.25) is 14.3 Å². The monoisotopic (exact) mass is 353 g/mol. The van der Waals surface area contributed by atoms with Crippen molar-refractivity contribution in [2.75, 3.05) is 20.1 Å². The maximum absolute atomic E-state index is 12.4. The van der Waals surface area contributed by atoms with E-state index in [-0.39, 0.29) is 18.4 Å². The first-order valence-electron chi connectivity index (χ1n) is 8.62. The van der Waals surface area contributed by atoms with E-state index in [2.05, 4.69) is 21.5 Å². The third kappa shape index (κ3) is 3.93. The molecule has 136 valence electrons. The molecule has 7 heteroatoms. The second-order valence-corrected chi connectivity index (χ2v) is 6.32. The average molecular weight is 353 g/mol. The summed E-state index contributed by atoms with van der Waals surface area (Å²) in [5.74, 6) is -0.325. The second kappa shape index (κ2) is 7.86. The van der Waals surface area contributed by atoms with E-state index in [1.807, 2.05) is 24.4 Å². The van der Waals surface area contributed by atoms with Crippen LogP contribution in [0.25, 0.3) is 10.9 Å². The van der Waals surface area contributed by atoms with Gasteiger partial charge in [0.2, 0.25) is 11.8 Å². The summed E-state index contributed by atoms with van der Waals surface area (Å²) in [5, 5.41) is 8.11. The van der Waals surface area contributed by atoms with Gasteiger partial charge in [0.15, 0.2) is 0 Å². The molecule has 2 heterocycles. The van der Waals surface area contributed by atoms with Gasteiger partial charge < -0.3 is 15.2 Å². The summed E-state index contributed by atoms with van der Waals surface area (Å²) < 4.78 is 1.58. The molecular weight excluding hydrogens is 330 g/mol. The first-order valence-corrected chi connectivity index (χ1v) is 8.62. The highest BCUT2D eigenvalue weighted by atomic mass is 16.2. The Morgan fingerprint density at radius 3 is 2.88 bits per heavy atom. The molecule has 0 saturated heterocycles. The topological polar surface area (TPSA) is 83.0 Å². The summed E-state index contributed by atoms with van der Waals surface area (Å²) in [5.41, 5.74) is 2.25. The van der Waals surface area contributed by atoms with Crippen molar-refractivity contribution in [2.24, 2.45) is 0 Å². The highest BCUT2D eigenvalue weighted by Crippen LogP contribution is 2.17. The number of H-pyrrole nitrogens is 1. The van der Waals surface area contributed by atoms with Gasteiger partial charge in [-0.15, -0.1) is 0 Å². The smallest absolute Gasteiger partial charge is 0.247 e. The number of para-hydroxylation sites is 1. The molecule has 0 spiro atoms. The van der Waals surface area contributed by atoms with Crippen LogP contribution in [-0.2, 0) is 16.0 Å². The van der Waals surface area contributed by atoms with Gasteiger partial charge in [-0.2, -0.15) is 5.10 Å². The number of hydrogen-bond acceptors (Lipinski definition) is 3. The third-order valence-electron chi connectivity index (χ3n) is 4.43. The predicted octanol–water partition coefficient (Wildman–Crippen LogP) is 1.74. The number of benzene rings is 1. The number of nitrogens with one attached hydrogen (secondary N) is 2. The fourth-order valence-electron chi connectivity index (χ4n) is 2.97. The molecule has 0 bridgehead atoms. The number of aromatic nitrogens is 3. The van der Waals surface area contributed by atoms with Crippen molar-refractivity contribution in [2.45, 2.75) is 19.4 Å². The van der Waals surface area contributed by atoms with Crippen LogP contribution in [0.4, 0.5) is 0 Å². The number of hydrogen-bond donors (Lipinski definition) is 2. The van der Waals surface area contributed by atoms with Gasteiger partial charge in [-0.25, -0.2) is 0 Å². The Labute approximate surface area is 152 Å². The summed E-state index contributed by atoms with van der Waals surface area (Å²) in [4.78, 5) is 29.1. The number of rotatable bonds is 7. The van der Waals surface area contributed by atoms with E-state index in [9.17, 15) is 9.59 Å². The molecule has 3 aromatic rings. The quantitative estimate of drug-likeness (QED) is 0.679. The van der Waals surface area contributed by atoms with Crippen molar-refractivity contribution in [3.05, 3.63) is 54.5 Å². The summed E-state index contributed by atoms with van der Waals surface area (Å²) in [6.45, 7) is 2.32. The van der Waals surface area contributed by atoms with Crippen LogP contribution in [0.5, 0.6) is 0 Å². The van der Waals surface area contributed by atoms with Gasteiger partial charge in [-0.1, -0.05) is 18.2 Å². The zero-order valence-corrected chi connectivity index (χ0v) is 15.0. The third-order valence-corrected chi connectivity index (χ3v) is 4.43. The minimum absolute atomic E-state index is 0.0261. The fourth-order valence-corrected chi connectivity index (χ4v) is 2.97. The summed E-state index contributed by atoms with van der Waals surface area (Å²) in [6.07, 6.45) is 6.06. The van der Waals surface area contributed by atoms with Gasteiger partial charge in [0, 0.05) is 43.1 Å². The van der Waals surface area contributed by atoms with E-state index < -0.39 is 6.04 Å². The molecule has 0 aliphatic carbocycles. The fraction of sp³-hybridized carbons (Fsp3) is 0.316. The van der Waals surface area contributed by atoms with Crippen LogP contribution >= 0.6 is 0 Å². The van der Waals surface area contributed by atoms with Crippen LogP contribution in [0.3, 0.4) is 0 Å². The zero-order chi connectivity index (χ0) is 18.5. The van der Waals surface area contributed by atoms with Crippen LogP contribution < -0.4 is 5.32 Å². The highest BCUT2D eigenvalue weighted by molar-refractivity contribution is 5.86. The van der Waals surface area contributed by atoms with Crippen LogP contribution in [0, 0.1) is 0 Å². The van der Waals surface area contributed by atoms with Gasteiger partial charge in [0.05, 0.1) is 6.54 Å². The molecule has 1 unspecified atom stereocenters. The number of nitrogens with zero attached hydrogens (tertiary/aromatic N) is 3. The molecule has 2 amide bonds. The van der Waals surface area contributed by atoms with E-state index in [4.69, 9.17) is 0 Å². The first-order chi connectivity index (χ1) is 12.6. The van der Waals surface area contributed by atoms with Crippen molar-refractivity contribution in [3.8, 4) is 0 Å². The molecule has 0 radical (unpaired) electrons. The molecule has 0 aliphatic rings. The van der Waals surface area contributed by atoms with Gasteiger partial charge in [0.1, 0.15) is 6.04 Å². The Bertz CT molecular complexity index is 884. The van der Waals surface area contributed by atoms with Crippen LogP contribution in [-0.4, -0.2) is 51.6 Å². The highest BCUT2D eigenvalue weighted by Gasteiger charge is 2.21. The Morgan fingerprint density at radius 1 is 1.31 bits per heavy atom. The van der Waals surface area contributed by atoms with Crippen molar-refractivity contribution >= 4 is 22.7 Å². The summed E-state index contributed by atoms with van der Waals surface area (Å²) in [6, 6.07) is 9.40. The molecule has 7 nitrogen and oxygen atoms in total. The average Bonchev–Trinajstić information content (AvgIpc) is 3.30. The van der Waals surface area contributed by atoms with Gasteiger partial charge in [-0.05, 0) is 31.0 Å². The molecule has 0 saturated carbocycles. The largest absolute Gasteiger partial charge is 0.361 e. The van der Waals surface area contributed by atoms with Crippen LogP contribution in [0.15, 0.2) is 48.9 Å². The SMILES string of the molecule is CC(C(=O)N(C)CC(=O)NCCc1c[nH]c2ccccc12)n1cccn1. The minimum atomic E-state index is -0.436. The lowest BCUT2D eigenvalue weighted by atomic mass is 10.1. The summed E-state index contributed by atoms with van der Waals surface area (Å²) >= 11 is 0. The molecule has 1 aromatic carbocycles. The molecular formula is C19H23N5O2. The number of aromatic amines is 1. The van der Waals surface area contributed by atoms with Crippen molar-refractivity contribution in [3.63, 3.8) is 0 Å².